The van der Waals surface area contributed by atoms with E-state index in [-0.39, 0.29) is 10.6 Å². The number of allylic oxidation sites excluding steroid dienone is 1. The van der Waals surface area contributed by atoms with Crippen molar-refractivity contribution < 1.29 is 4.92 Å². The van der Waals surface area contributed by atoms with Crippen LogP contribution in [0.5, 0.6) is 0 Å². The number of nitro benzene ring substituents is 1. The van der Waals surface area contributed by atoms with Gasteiger partial charge in [0.1, 0.15) is 0 Å². The van der Waals surface area contributed by atoms with E-state index in [9.17, 15) is 10.1 Å². The molecule has 0 atom stereocenters. The van der Waals surface area contributed by atoms with Crippen molar-refractivity contribution in [2.24, 2.45) is 0 Å². The summed E-state index contributed by atoms with van der Waals surface area (Å²) in [5, 5.41) is 11.2. The molecular weight excluding hydrogens is 234 g/mol. The third-order valence-corrected chi connectivity index (χ3v) is 4.34. The number of nitro groups is 1. The molecule has 1 aliphatic rings. The molecule has 4 heteroatoms. The highest BCUT2D eigenvalue weighted by atomic mass is 32.2. The lowest BCUT2D eigenvalue weighted by atomic mass is 9.96. The van der Waals surface area contributed by atoms with Crippen molar-refractivity contribution in [1.29, 1.82) is 0 Å². The minimum absolute atomic E-state index is 0.159. The van der Waals surface area contributed by atoms with Crippen LogP contribution >= 0.6 is 11.8 Å². The number of hydrogen-bond acceptors (Lipinski definition) is 3. The van der Waals surface area contributed by atoms with Gasteiger partial charge in [0.15, 0.2) is 0 Å². The Morgan fingerprint density at radius 1 is 1.24 bits per heavy atom. The van der Waals surface area contributed by atoms with Crippen LogP contribution in [0.15, 0.2) is 41.3 Å². The van der Waals surface area contributed by atoms with Crippen LogP contribution in [0.2, 0.25) is 0 Å². The zero-order chi connectivity index (χ0) is 12.3. The molecule has 3 nitrogen and oxygen atoms in total. The van der Waals surface area contributed by atoms with Gasteiger partial charge < -0.3 is 0 Å². The van der Waals surface area contributed by atoms with Gasteiger partial charge in [-0.3, -0.25) is 10.1 Å². The summed E-state index contributed by atoms with van der Waals surface area (Å²) in [4.78, 5) is 11.3. The minimum Gasteiger partial charge on any atom is -0.258 e. The minimum atomic E-state index is -0.362. The predicted octanol–water partition coefficient (Wildman–Crippen LogP) is 4.19. The van der Waals surface area contributed by atoms with Crippen molar-refractivity contribution in [3.8, 4) is 0 Å². The summed E-state index contributed by atoms with van der Waals surface area (Å²) in [5.41, 5.74) is 1.51. The maximum Gasteiger partial charge on any atom is 0.269 e. The molecule has 1 aromatic carbocycles. The van der Waals surface area contributed by atoms with Crippen molar-refractivity contribution in [1.82, 2.24) is 0 Å². The number of rotatable bonds is 3. The summed E-state index contributed by atoms with van der Waals surface area (Å²) in [6.07, 6.45) is 4.57. The second-order valence-electron chi connectivity index (χ2n) is 4.32. The van der Waals surface area contributed by atoms with Crippen molar-refractivity contribution >= 4 is 17.4 Å². The van der Waals surface area contributed by atoms with Gasteiger partial charge in [0, 0.05) is 22.3 Å². The van der Waals surface area contributed by atoms with Crippen LogP contribution in [0.1, 0.15) is 25.7 Å². The van der Waals surface area contributed by atoms with Gasteiger partial charge in [-0.05, 0) is 37.8 Å². The molecule has 0 bridgehead atoms. The molecule has 90 valence electrons. The third kappa shape index (κ3) is 3.33. The summed E-state index contributed by atoms with van der Waals surface area (Å²) >= 11 is 1.82. The Morgan fingerprint density at radius 3 is 2.35 bits per heavy atom. The van der Waals surface area contributed by atoms with Gasteiger partial charge in [0.2, 0.25) is 0 Å². The first-order chi connectivity index (χ1) is 8.15. The largest absolute Gasteiger partial charge is 0.269 e. The lowest BCUT2D eigenvalue weighted by Gasteiger charge is -2.22. The second kappa shape index (κ2) is 5.36. The van der Waals surface area contributed by atoms with E-state index in [0.29, 0.717) is 5.25 Å². The smallest absolute Gasteiger partial charge is 0.258 e. The van der Waals surface area contributed by atoms with Crippen LogP contribution in [-0.4, -0.2) is 10.2 Å². The highest BCUT2D eigenvalue weighted by molar-refractivity contribution is 8.00. The van der Waals surface area contributed by atoms with Crippen LogP contribution in [-0.2, 0) is 0 Å². The van der Waals surface area contributed by atoms with E-state index in [1.54, 1.807) is 12.1 Å². The Balaban J connectivity index is 1.95. The van der Waals surface area contributed by atoms with Gasteiger partial charge in [-0.15, -0.1) is 11.8 Å². The molecule has 1 fully saturated rings. The quantitative estimate of drug-likeness (QED) is 0.458. The molecule has 0 heterocycles. The van der Waals surface area contributed by atoms with Crippen molar-refractivity contribution in [3.63, 3.8) is 0 Å². The molecule has 0 spiro atoms. The van der Waals surface area contributed by atoms with E-state index in [2.05, 4.69) is 6.58 Å². The van der Waals surface area contributed by atoms with E-state index < -0.39 is 0 Å². The van der Waals surface area contributed by atoms with E-state index in [1.165, 1.54) is 18.4 Å². The first kappa shape index (κ1) is 12.2. The summed E-state index contributed by atoms with van der Waals surface area (Å²) in [7, 11) is 0. The Kier molecular flexibility index (Phi) is 3.84. The average Bonchev–Trinajstić information content (AvgIpc) is 2.33. The highest BCUT2D eigenvalue weighted by Gasteiger charge is 2.16. The Bertz CT molecular complexity index is 418. The zero-order valence-corrected chi connectivity index (χ0v) is 10.4. The van der Waals surface area contributed by atoms with Crippen molar-refractivity contribution in [3.05, 3.63) is 46.5 Å². The molecule has 1 aliphatic carbocycles. The van der Waals surface area contributed by atoms with Gasteiger partial charge in [-0.1, -0.05) is 12.2 Å². The van der Waals surface area contributed by atoms with Crippen LogP contribution in [0.25, 0.3) is 0 Å². The summed E-state index contributed by atoms with van der Waals surface area (Å²) in [5.74, 6) is 0. The SMILES string of the molecule is C=C1CCC(Sc2ccc([N+](=O)[O-])cc2)CC1. The molecular formula is C13H15NO2S. The molecule has 0 N–H and O–H groups in total. The Hall–Kier alpha value is -1.29. The summed E-state index contributed by atoms with van der Waals surface area (Å²) in [6, 6.07) is 6.83. The lowest BCUT2D eigenvalue weighted by molar-refractivity contribution is -0.384. The van der Waals surface area contributed by atoms with Gasteiger partial charge in [-0.2, -0.15) is 0 Å². The zero-order valence-electron chi connectivity index (χ0n) is 9.59. The van der Waals surface area contributed by atoms with Crippen molar-refractivity contribution in [2.75, 3.05) is 0 Å². The molecule has 0 aliphatic heterocycles. The molecule has 0 saturated heterocycles. The maximum absolute atomic E-state index is 10.5. The van der Waals surface area contributed by atoms with Crippen LogP contribution in [0, 0.1) is 10.1 Å². The molecule has 1 aromatic rings. The Morgan fingerprint density at radius 2 is 1.82 bits per heavy atom. The third-order valence-electron chi connectivity index (χ3n) is 2.99. The fourth-order valence-corrected chi connectivity index (χ4v) is 3.11. The molecule has 0 aromatic heterocycles. The fourth-order valence-electron chi connectivity index (χ4n) is 1.96. The first-order valence-corrected chi connectivity index (χ1v) is 6.61. The summed E-state index contributed by atoms with van der Waals surface area (Å²) in [6.45, 7) is 4.00. The van der Waals surface area contributed by atoms with Gasteiger partial charge in [0.25, 0.3) is 5.69 Å². The number of benzene rings is 1. The van der Waals surface area contributed by atoms with Crippen LogP contribution in [0.4, 0.5) is 5.69 Å². The number of non-ortho nitro benzene ring substituents is 1. The number of nitrogens with zero attached hydrogens (tertiary/aromatic N) is 1. The molecule has 2 rings (SSSR count). The fraction of sp³-hybridized carbons (Fsp3) is 0.385. The van der Waals surface area contributed by atoms with E-state index >= 15 is 0 Å². The predicted molar refractivity (Wildman–Crippen MR) is 70.3 cm³/mol. The topological polar surface area (TPSA) is 43.1 Å². The van der Waals surface area contributed by atoms with Gasteiger partial charge in [0.05, 0.1) is 4.92 Å². The van der Waals surface area contributed by atoms with E-state index in [4.69, 9.17) is 0 Å². The van der Waals surface area contributed by atoms with Crippen LogP contribution in [0.3, 0.4) is 0 Å². The average molecular weight is 249 g/mol. The molecule has 0 amide bonds. The number of thioether (sulfide) groups is 1. The van der Waals surface area contributed by atoms with Gasteiger partial charge >= 0.3 is 0 Å². The normalized spacial score (nSPS) is 17.1. The lowest BCUT2D eigenvalue weighted by Crippen LogP contribution is -2.09. The number of hydrogen-bond donors (Lipinski definition) is 0. The molecule has 1 saturated carbocycles. The van der Waals surface area contributed by atoms with Crippen molar-refractivity contribution in [2.45, 2.75) is 35.8 Å². The van der Waals surface area contributed by atoms with E-state index in [1.807, 2.05) is 23.9 Å². The highest BCUT2D eigenvalue weighted by Crippen LogP contribution is 2.35. The summed E-state index contributed by atoms with van der Waals surface area (Å²) < 4.78 is 0. The Labute approximate surface area is 105 Å². The van der Waals surface area contributed by atoms with Crippen LogP contribution < -0.4 is 0 Å². The second-order valence-corrected chi connectivity index (χ2v) is 5.69. The molecule has 0 unspecified atom stereocenters. The molecule has 17 heavy (non-hydrogen) atoms. The first-order valence-electron chi connectivity index (χ1n) is 5.73. The monoisotopic (exact) mass is 249 g/mol. The van der Waals surface area contributed by atoms with E-state index in [0.717, 1.165) is 17.7 Å². The molecule has 0 radical (unpaired) electrons. The maximum atomic E-state index is 10.5. The standard InChI is InChI=1S/C13H15NO2S/c1-10-2-6-12(7-3-10)17-13-8-4-11(5-9-13)14(15)16/h4-5,8-9,12H,1-3,6-7H2. The van der Waals surface area contributed by atoms with Gasteiger partial charge in [-0.25, -0.2) is 0 Å².